The zero-order valence-corrected chi connectivity index (χ0v) is 11.1. The molecule has 1 aliphatic rings. The summed E-state index contributed by atoms with van der Waals surface area (Å²) in [4.78, 5) is 15.0. The first-order valence-corrected chi connectivity index (χ1v) is 6.09. The zero-order valence-electron chi connectivity index (χ0n) is 10.4. The largest absolute Gasteiger partial charge is 0.393 e. The smallest absolute Gasteiger partial charge is 0.351 e. The van der Waals surface area contributed by atoms with E-state index >= 15 is 0 Å². The Morgan fingerprint density at radius 2 is 2.19 bits per heavy atom. The molecule has 0 aromatic carbocycles. The highest BCUT2D eigenvalue weighted by atomic mass is 35.5. The van der Waals surface area contributed by atoms with E-state index in [-0.39, 0.29) is 10.8 Å². The predicted octanol–water partition coefficient (Wildman–Crippen LogP) is -1.27. The van der Waals surface area contributed by atoms with Gasteiger partial charge in [0, 0.05) is 6.20 Å². The lowest BCUT2D eigenvalue weighted by Crippen LogP contribution is -2.52. The highest BCUT2D eigenvalue weighted by molar-refractivity contribution is 6.32. The van der Waals surface area contributed by atoms with Crippen LogP contribution < -0.4 is 11.4 Å². The van der Waals surface area contributed by atoms with Crippen molar-refractivity contribution >= 4 is 17.4 Å². The van der Waals surface area contributed by atoms with Crippen LogP contribution in [0.3, 0.4) is 0 Å². The van der Waals surface area contributed by atoms with Crippen molar-refractivity contribution in [1.82, 2.24) is 9.55 Å². The third kappa shape index (κ3) is 2.38. The van der Waals surface area contributed by atoms with Gasteiger partial charge in [-0.3, -0.25) is 4.57 Å². The highest BCUT2D eigenvalue weighted by Crippen LogP contribution is 2.40. The normalized spacial score (nSPS) is 32.8. The number of aliphatic hydroxyl groups excluding tert-OH is 3. The molecule has 1 aromatic heterocycles. The topological polar surface area (TPSA) is 131 Å². The van der Waals surface area contributed by atoms with E-state index < -0.39 is 42.8 Å². The maximum atomic E-state index is 13.0. The molecular formula is C10H12ClF2N3O5. The Balaban J connectivity index is 2.47. The molecule has 2 rings (SSSR count). The third-order valence-corrected chi connectivity index (χ3v) is 3.57. The number of nitrogens with zero attached hydrogens (tertiary/aromatic N) is 2. The number of anilines is 1. The summed E-state index contributed by atoms with van der Waals surface area (Å²) in [5, 5.41) is 28.5. The van der Waals surface area contributed by atoms with Crippen molar-refractivity contribution in [3.8, 4) is 0 Å². The quantitative estimate of drug-likeness (QED) is 0.544. The van der Waals surface area contributed by atoms with E-state index in [2.05, 4.69) is 4.98 Å². The minimum absolute atomic E-state index is 0.168. The van der Waals surface area contributed by atoms with Gasteiger partial charge in [-0.05, 0) is 0 Å². The Bertz CT molecular complexity index is 601. The number of nitrogen functional groups attached to an aromatic ring is 1. The Morgan fingerprint density at radius 1 is 1.57 bits per heavy atom. The van der Waals surface area contributed by atoms with Gasteiger partial charge in [0.25, 0.3) is 6.43 Å². The molecule has 0 spiro atoms. The summed E-state index contributed by atoms with van der Waals surface area (Å²) in [6, 6.07) is 0. The molecule has 1 aliphatic heterocycles. The molecule has 0 saturated carbocycles. The highest BCUT2D eigenvalue weighted by Gasteiger charge is 2.60. The van der Waals surface area contributed by atoms with Gasteiger partial charge < -0.3 is 25.8 Å². The van der Waals surface area contributed by atoms with E-state index in [1.54, 1.807) is 0 Å². The summed E-state index contributed by atoms with van der Waals surface area (Å²) < 4.78 is 31.6. The summed E-state index contributed by atoms with van der Waals surface area (Å²) in [5.74, 6) is -0.284. The predicted molar refractivity (Wildman–Crippen MR) is 65.9 cm³/mol. The van der Waals surface area contributed by atoms with Crippen LogP contribution in [0.5, 0.6) is 0 Å². The molecule has 1 saturated heterocycles. The second-order valence-corrected chi connectivity index (χ2v) is 4.93. The van der Waals surface area contributed by atoms with E-state index in [9.17, 15) is 23.8 Å². The molecule has 0 radical (unpaired) electrons. The van der Waals surface area contributed by atoms with Crippen molar-refractivity contribution in [2.75, 3.05) is 12.3 Å². The fraction of sp³-hybridized carbons (Fsp3) is 0.600. The van der Waals surface area contributed by atoms with Gasteiger partial charge in [-0.1, -0.05) is 11.6 Å². The third-order valence-electron chi connectivity index (χ3n) is 3.28. The van der Waals surface area contributed by atoms with Crippen LogP contribution in [-0.4, -0.2) is 55.7 Å². The van der Waals surface area contributed by atoms with Gasteiger partial charge in [0.2, 0.25) is 0 Å². The van der Waals surface area contributed by atoms with E-state index in [4.69, 9.17) is 27.2 Å². The van der Waals surface area contributed by atoms with Crippen LogP contribution in [0, 0.1) is 0 Å². The second kappa shape index (κ2) is 5.46. The van der Waals surface area contributed by atoms with Crippen molar-refractivity contribution in [3.05, 3.63) is 21.7 Å². The van der Waals surface area contributed by atoms with Crippen LogP contribution in [0.4, 0.5) is 14.6 Å². The first kappa shape index (κ1) is 16.0. The maximum Gasteiger partial charge on any atom is 0.351 e. The average molecular weight is 328 g/mol. The molecule has 0 aliphatic carbocycles. The van der Waals surface area contributed by atoms with Gasteiger partial charge in [0.05, 0.1) is 11.6 Å². The summed E-state index contributed by atoms with van der Waals surface area (Å²) in [6.45, 7) is -1.26. The summed E-state index contributed by atoms with van der Waals surface area (Å²) in [5.41, 5.74) is 1.58. The van der Waals surface area contributed by atoms with Crippen molar-refractivity contribution in [2.24, 2.45) is 0 Å². The fourth-order valence-electron chi connectivity index (χ4n) is 2.05. The van der Waals surface area contributed by atoms with Crippen LogP contribution >= 0.6 is 11.6 Å². The standard InChI is InChI=1S/C10H12ClF2N3O5/c11-3-1-16(9(20)15-6(3)14)7-4(18)5(19)10(2-17,21-7)8(12)13/h1,4-5,7-8,17-19H,2H2,(H2,14,15,20). The number of rotatable bonds is 3. The van der Waals surface area contributed by atoms with Crippen molar-refractivity contribution < 1.29 is 28.8 Å². The van der Waals surface area contributed by atoms with Crippen molar-refractivity contribution in [3.63, 3.8) is 0 Å². The number of halogens is 3. The molecule has 118 valence electrons. The Labute approximate surface area is 121 Å². The van der Waals surface area contributed by atoms with Crippen molar-refractivity contribution in [1.29, 1.82) is 0 Å². The van der Waals surface area contributed by atoms with Gasteiger partial charge in [0.1, 0.15) is 18.0 Å². The monoisotopic (exact) mass is 327 g/mol. The maximum absolute atomic E-state index is 13.0. The Hall–Kier alpha value is -1.33. The average Bonchev–Trinajstić information content (AvgIpc) is 2.68. The SMILES string of the molecule is Nc1nc(=O)n(C2OC(CO)(C(F)F)C(O)C2O)cc1Cl. The molecule has 2 heterocycles. The van der Waals surface area contributed by atoms with E-state index in [0.29, 0.717) is 4.57 Å². The van der Waals surface area contributed by atoms with Gasteiger partial charge >= 0.3 is 5.69 Å². The molecule has 21 heavy (non-hydrogen) atoms. The molecule has 11 heteroatoms. The molecule has 8 nitrogen and oxygen atoms in total. The Kier molecular flexibility index (Phi) is 4.17. The lowest BCUT2D eigenvalue weighted by molar-refractivity contribution is -0.195. The molecular weight excluding hydrogens is 316 g/mol. The molecule has 0 amide bonds. The number of aromatic nitrogens is 2. The lowest BCUT2D eigenvalue weighted by Gasteiger charge is -2.28. The number of hydrogen-bond donors (Lipinski definition) is 4. The fourth-order valence-corrected chi connectivity index (χ4v) is 2.20. The number of hydrogen-bond acceptors (Lipinski definition) is 7. The van der Waals surface area contributed by atoms with E-state index in [1.807, 2.05) is 0 Å². The molecule has 1 aromatic rings. The van der Waals surface area contributed by atoms with Crippen LogP contribution in [0.1, 0.15) is 6.23 Å². The van der Waals surface area contributed by atoms with E-state index in [0.717, 1.165) is 6.20 Å². The van der Waals surface area contributed by atoms with Crippen LogP contribution in [0.15, 0.2) is 11.0 Å². The minimum Gasteiger partial charge on any atom is -0.393 e. The van der Waals surface area contributed by atoms with Gasteiger partial charge in [-0.15, -0.1) is 0 Å². The molecule has 0 bridgehead atoms. The van der Waals surface area contributed by atoms with Crippen molar-refractivity contribution in [2.45, 2.75) is 30.5 Å². The summed E-state index contributed by atoms with van der Waals surface area (Å²) >= 11 is 5.67. The molecule has 5 N–H and O–H groups in total. The van der Waals surface area contributed by atoms with Gasteiger partial charge in [-0.25, -0.2) is 13.6 Å². The lowest BCUT2D eigenvalue weighted by atomic mass is 9.96. The zero-order chi connectivity index (χ0) is 15.9. The second-order valence-electron chi connectivity index (χ2n) is 4.52. The minimum atomic E-state index is -3.30. The van der Waals surface area contributed by atoms with Gasteiger partial charge in [-0.2, -0.15) is 4.98 Å². The summed E-state index contributed by atoms with van der Waals surface area (Å²) in [6.07, 6.45) is -8.07. The first-order valence-electron chi connectivity index (χ1n) is 5.71. The molecule has 1 fully saturated rings. The van der Waals surface area contributed by atoms with Gasteiger partial charge in [0.15, 0.2) is 11.8 Å². The molecule has 4 atom stereocenters. The Morgan fingerprint density at radius 3 is 2.67 bits per heavy atom. The number of ether oxygens (including phenoxy) is 1. The number of alkyl halides is 2. The first-order chi connectivity index (χ1) is 9.74. The van der Waals surface area contributed by atoms with Crippen LogP contribution in [-0.2, 0) is 4.74 Å². The van der Waals surface area contributed by atoms with E-state index in [1.165, 1.54) is 0 Å². The van der Waals surface area contributed by atoms with Crippen LogP contribution in [0.2, 0.25) is 5.02 Å². The number of nitrogens with two attached hydrogens (primary N) is 1. The number of aliphatic hydroxyl groups is 3. The summed E-state index contributed by atoms with van der Waals surface area (Å²) in [7, 11) is 0. The molecule has 4 unspecified atom stereocenters. The van der Waals surface area contributed by atoms with Crippen LogP contribution in [0.25, 0.3) is 0 Å².